The molecule has 0 unspecified atom stereocenters. The van der Waals surface area contributed by atoms with Gasteiger partial charge in [0.25, 0.3) is 0 Å². The summed E-state index contributed by atoms with van der Waals surface area (Å²) in [6, 6.07) is 24.7. The van der Waals surface area contributed by atoms with Gasteiger partial charge in [-0.25, -0.2) is 0 Å². The van der Waals surface area contributed by atoms with E-state index in [1.807, 2.05) is 24.3 Å². The highest BCUT2D eigenvalue weighted by Crippen LogP contribution is 2.35. The third kappa shape index (κ3) is 2.93. The quantitative estimate of drug-likeness (QED) is 0.292. The van der Waals surface area contributed by atoms with E-state index in [-0.39, 0.29) is 24.0 Å². The van der Waals surface area contributed by atoms with Gasteiger partial charge in [-0.15, -0.1) is 0 Å². The molecule has 134 valence electrons. The van der Waals surface area contributed by atoms with Crippen molar-refractivity contribution in [2.24, 2.45) is 7.05 Å². The van der Waals surface area contributed by atoms with Crippen LogP contribution in [0, 0.1) is 0 Å². The number of aryl methyl sites for hydroxylation is 1. The minimum Gasteiger partial charge on any atom is -1.00 e. The molecular formula is C22H17ClIN3. The molecule has 0 aliphatic carbocycles. The number of hydrogen-bond donors (Lipinski definition) is 2. The van der Waals surface area contributed by atoms with Crippen molar-refractivity contribution >= 4 is 55.8 Å². The van der Waals surface area contributed by atoms with Gasteiger partial charge in [0, 0.05) is 16.8 Å². The Labute approximate surface area is 179 Å². The lowest BCUT2D eigenvalue weighted by Gasteiger charge is -2.11. The summed E-state index contributed by atoms with van der Waals surface area (Å²) >= 11 is 6.04. The van der Waals surface area contributed by atoms with Crippen LogP contribution in [0.5, 0.6) is 0 Å². The van der Waals surface area contributed by atoms with Crippen molar-refractivity contribution in [3.8, 4) is 0 Å². The summed E-state index contributed by atoms with van der Waals surface area (Å²) < 4.78 is 2.26. The van der Waals surface area contributed by atoms with E-state index in [2.05, 4.69) is 70.4 Å². The number of para-hydroxylation sites is 2. The summed E-state index contributed by atoms with van der Waals surface area (Å²) in [7, 11) is 2.12. The third-order valence-electron chi connectivity index (χ3n) is 4.91. The molecule has 2 heterocycles. The Morgan fingerprint density at radius 3 is 2.30 bits per heavy atom. The molecule has 5 aromatic rings. The summed E-state index contributed by atoms with van der Waals surface area (Å²) in [5.74, 6) is 0. The van der Waals surface area contributed by atoms with E-state index in [0.29, 0.717) is 0 Å². The minimum absolute atomic E-state index is 0. The molecule has 0 fully saturated rings. The highest BCUT2D eigenvalue weighted by atomic mass is 127. The first-order chi connectivity index (χ1) is 12.7. The van der Waals surface area contributed by atoms with E-state index < -0.39 is 0 Å². The van der Waals surface area contributed by atoms with Crippen molar-refractivity contribution in [1.82, 2.24) is 4.98 Å². The maximum Gasteiger partial charge on any atom is 0.240 e. The van der Waals surface area contributed by atoms with Crippen molar-refractivity contribution < 1.29 is 28.5 Å². The maximum absolute atomic E-state index is 6.04. The van der Waals surface area contributed by atoms with Gasteiger partial charge < -0.3 is 34.3 Å². The van der Waals surface area contributed by atoms with E-state index in [0.717, 1.165) is 27.4 Å². The lowest BCUT2D eigenvalue weighted by Crippen LogP contribution is -3.00. The van der Waals surface area contributed by atoms with Crippen LogP contribution in [0.1, 0.15) is 0 Å². The predicted molar refractivity (Wildman–Crippen MR) is 109 cm³/mol. The molecule has 0 saturated heterocycles. The fourth-order valence-electron chi connectivity index (χ4n) is 3.70. The van der Waals surface area contributed by atoms with Crippen LogP contribution in [0.15, 0.2) is 72.8 Å². The van der Waals surface area contributed by atoms with Gasteiger partial charge in [0.2, 0.25) is 11.0 Å². The number of fused-ring (bicyclic) bond motifs is 4. The molecule has 2 N–H and O–H groups in total. The van der Waals surface area contributed by atoms with E-state index in [9.17, 15) is 0 Å². The van der Waals surface area contributed by atoms with Crippen molar-refractivity contribution in [2.45, 2.75) is 0 Å². The first kappa shape index (κ1) is 18.1. The molecular weight excluding hydrogens is 469 g/mol. The number of rotatable bonds is 2. The standard InChI is InChI=1S/C22H16ClN3.HI/c1-26-19-9-5-3-7-17(19)20(24-15-12-10-14(23)11-13-15)21-22(26)16-6-2-4-8-18(16)25-21;/h2-13H,1H3,(H,24,25);1H. The van der Waals surface area contributed by atoms with Crippen LogP contribution in [-0.4, -0.2) is 4.98 Å². The fraction of sp³-hybridized carbons (Fsp3) is 0.0455. The smallest absolute Gasteiger partial charge is 0.240 e. The first-order valence-corrected chi connectivity index (χ1v) is 8.94. The molecule has 0 radical (unpaired) electrons. The lowest BCUT2D eigenvalue weighted by atomic mass is 10.1. The number of pyridine rings is 1. The second-order valence-electron chi connectivity index (χ2n) is 6.48. The summed E-state index contributed by atoms with van der Waals surface area (Å²) in [6.45, 7) is 0. The largest absolute Gasteiger partial charge is 1.00 e. The van der Waals surface area contributed by atoms with Gasteiger partial charge >= 0.3 is 0 Å². The molecule has 0 amide bonds. The van der Waals surface area contributed by atoms with Crippen LogP contribution in [0.25, 0.3) is 32.8 Å². The third-order valence-corrected chi connectivity index (χ3v) is 5.16. The zero-order chi connectivity index (χ0) is 17.7. The monoisotopic (exact) mass is 485 g/mol. The average Bonchev–Trinajstić information content (AvgIpc) is 3.06. The molecule has 3 aromatic carbocycles. The molecule has 2 aromatic heterocycles. The highest BCUT2D eigenvalue weighted by Gasteiger charge is 2.22. The number of nitrogens with one attached hydrogen (secondary N) is 2. The van der Waals surface area contributed by atoms with Gasteiger partial charge in [0.15, 0.2) is 0 Å². The number of halogens is 2. The van der Waals surface area contributed by atoms with Gasteiger partial charge in [-0.3, -0.25) is 0 Å². The summed E-state index contributed by atoms with van der Waals surface area (Å²) in [5.41, 5.74) is 6.69. The molecule has 5 heteroatoms. The molecule has 0 aliphatic rings. The van der Waals surface area contributed by atoms with E-state index >= 15 is 0 Å². The Bertz CT molecular complexity index is 1280. The molecule has 0 atom stereocenters. The average molecular weight is 486 g/mol. The highest BCUT2D eigenvalue weighted by molar-refractivity contribution is 6.30. The van der Waals surface area contributed by atoms with Crippen LogP contribution in [0.4, 0.5) is 11.4 Å². The number of hydrogen-bond acceptors (Lipinski definition) is 1. The van der Waals surface area contributed by atoms with E-state index in [1.54, 1.807) is 0 Å². The van der Waals surface area contributed by atoms with Crippen LogP contribution < -0.4 is 33.9 Å². The Balaban J connectivity index is 0.00000180. The molecule has 0 saturated carbocycles. The zero-order valence-electron chi connectivity index (χ0n) is 14.6. The van der Waals surface area contributed by atoms with Crippen LogP contribution in [0.2, 0.25) is 5.02 Å². The van der Waals surface area contributed by atoms with Gasteiger partial charge in [0.1, 0.15) is 12.6 Å². The molecule has 3 nitrogen and oxygen atoms in total. The SMILES string of the molecule is C[n+]1c2ccccc2c(Nc2ccc(Cl)cc2)c2[nH]c3ccccc3c21.[I-]. The summed E-state index contributed by atoms with van der Waals surface area (Å²) in [4.78, 5) is 3.60. The number of aromatic amines is 1. The Kier molecular flexibility index (Phi) is 4.70. The second-order valence-corrected chi connectivity index (χ2v) is 6.91. The molecule has 27 heavy (non-hydrogen) atoms. The Hall–Kier alpha value is -2.31. The van der Waals surface area contributed by atoms with Crippen molar-refractivity contribution in [2.75, 3.05) is 5.32 Å². The molecule has 0 aliphatic heterocycles. The minimum atomic E-state index is 0. The van der Waals surface area contributed by atoms with E-state index in [1.165, 1.54) is 21.8 Å². The van der Waals surface area contributed by atoms with Gasteiger partial charge in [-0.1, -0.05) is 35.9 Å². The van der Waals surface area contributed by atoms with Crippen LogP contribution >= 0.6 is 11.6 Å². The normalized spacial score (nSPS) is 11.0. The molecule has 5 rings (SSSR count). The molecule has 0 bridgehead atoms. The van der Waals surface area contributed by atoms with Crippen LogP contribution in [-0.2, 0) is 7.05 Å². The topological polar surface area (TPSA) is 31.7 Å². The summed E-state index contributed by atoms with van der Waals surface area (Å²) in [6.07, 6.45) is 0. The Morgan fingerprint density at radius 2 is 1.52 bits per heavy atom. The van der Waals surface area contributed by atoms with Crippen molar-refractivity contribution in [1.29, 1.82) is 0 Å². The van der Waals surface area contributed by atoms with Gasteiger partial charge in [-0.05, 0) is 42.5 Å². The van der Waals surface area contributed by atoms with Crippen molar-refractivity contribution in [3.63, 3.8) is 0 Å². The fourth-order valence-corrected chi connectivity index (χ4v) is 3.82. The van der Waals surface area contributed by atoms with Crippen LogP contribution in [0.3, 0.4) is 0 Å². The van der Waals surface area contributed by atoms with E-state index in [4.69, 9.17) is 11.6 Å². The predicted octanol–water partition coefficient (Wildman–Crippen LogP) is 2.70. The number of aromatic nitrogens is 2. The number of anilines is 2. The number of nitrogens with zero attached hydrogens (tertiary/aromatic N) is 1. The first-order valence-electron chi connectivity index (χ1n) is 8.56. The van der Waals surface area contributed by atoms with Crippen molar-refractivity contribution in [3.05, 3.63) is 77.8 Å². The number of H-pyrrole nitrogens is 1. The summed E-state index contributed by atoms with van der Waals surface area (Å²) in [5, 5.41) is 6.72. The van der Waals surface area contributed by atoms with Gasteiger partial charge in [0.05, 0.1) is 22.0 Å². The Morgan fingerprint density at radius 1 is 0.852 bits per heavy atom. The van der Waals surface area contributed by atoms with Gasteiger partial charge in [-0.2, -0.15) is 4.57 Å². The lowest BCUT2D eigenvalue weighted by molar-refractivity contribution is -0.616. The molecule has 0 spiro atoms. The zero-order valence-corrected chi connectivity index (χ0v) is 17.5. The maximum atomic E-state index is 6.04. The second kappa shape index (κ2) is 7.02. The number of benzene rings is 3.